The zero-order valence-corrected chi connectivity index (χ0v) is 30.1. The first-order valence-electron chi connectivity index (χ1n) is 17.7. The van der Waals surface area contributed by atoms with Crippen LogP contribution in [0.15, 0.2) is 95.2 Å². The molecule has 6 rings (SSSR count). The van der Waals surface area contributed by atoms with Gasteiger partial charge in [-0.2, -0.15) is 0 Å². The highest BCUT2D eigenvalue weighted by Crippen LogP contribution is 2.54. The lowest BCUT2D eigenvalue weighted by molar-refractivity contribution is -0.142. The predicted molar refractivity (Wildman–Crippen MR) is 195 cm³/mol. The molecule has 3 fully saturated rings. The number of likely N-dealkylation sites (tertiary alicyclic amines) is 1. The average Bonchev–Trinajstić information content (AvgIpc) is 3.60. The summed E-state index contributed by atoms with van der Waals surface area (Å²) in [6, 6.07) is 18.7. The maximum atomic E-state index is 16.1. The Balaban J connectivity index is 1.09. The lowest BCUT2D eigenvalue weighted by Crippen LogP contribution is -2.64. The van der Waals surface area contributed by atoms with E-state index >= 15 is 4.39 Å². The van der Waals surface area contributed by atoms with Crippen LogP contribution in [-0.2, 0) is 29.7 Å². The molecule has 3 aliphatic rings. The number of sulfone groups is 1. The molecule has 0 radical (unpaired) electrons. The number of benzene rings is 3. The van der Waals surface area contributed by atoms with Gasteiger partial charge in [-0.3, -0.25) is 14.5 Å². The Kier molecular flexibility index (Phi) is 10.8. The highest BCUT2D eigenvalue weighted by Gasteiger charge is 2.58. The number of carbonyl (C=O) groups excluding carboxylic acids is 2. The fourth-order valence-electron chi connectivity index (χ4n) is 8.65. The molecule has 2 saturated heterocycles. The second kappa shape index (κ2) is 15.2. The van der Waals surface area contributed by atoms with Gasteiger partial charge in [0.15, 0.2) is 5.67 Å². The first-order chi connectivity index (χ1) is 24.9. The van der Waals surface area contributed by atoms with Gasteiger partial charge in [0.05, 0.1) is 30.0 Å². The molecule has 274 valence electrons. The largest absolute Gasteiger partial charge is 0.469 e. The van der Waals surface area contributed by atoms with Crippen LogP contribution in [0.3, 0.4) is 0 Å². The molecular weight excluding hydrogens is 687 g/mol. The van der Waals surface area contributed by atoms with Crippen LogP contribution in [0.4, 0.5) is 20.2 Å². The van der Waals surface area contributed by atoms with E-state index in [1.165, 1.54) is 43.5 Å². The Bertz CT molecular complexity index is 1950. The molecule has 0 spiro atoms. The van der Waals surface area contributed by atoms with E-state index in [4.69, 9.17) is 11.3 Å². The third-order valence-corrected chi connectivity index (χ3v) is 12.9. The van der Waals surface area contributed by atoms with Gasteiger partial charge in [0.2, 0.25) is 15.7 Å². The number of carbonyl (C=O) groups is 2. The maximum Gasteiger partial charge on any atom is 0.305 e. The van der Waals surface area contributed by atoms with Gasteiger partial charge in [0, 0.05) is 41.7 Å². The van der Waals surface area contributed by atoms with Crippen LogP contribution in [0.25, 0.3) is 4.85 Å². The van der Waals surface area contributed by atoms with E-state index in [1.807, 2.05) is 11.0 Å². The summed E-state index contributed by atoms with van der Waals surface area (Å²) in [4.78, 5) is 32.4. The third-order valence-electron chi connectivity index (χ3n) is 11.1. The van der Waals surface area contributed by atoms with Crippen LogP contribution in [0.1, 0.15) is 44.1 Å². The molecule has 1 aliphatic carbocycles. The predicted octanol–water partition coefficient (Wildman–Crippen LogP) is 6.82. The minimum absolute atomic E-state index is 0.0325. The van der Waals surface area contributed by atoms with Gasteiger partial charge in [-0.1, -0.05) is 31.2 Å². The second-order valence-corrected chi connectivity index (χ2v) is 16.3. The van der Waals surface area contributed by atoms with Crippen molar-refractivity contribution in [3.8, 4) is 0 Å². The normalized spacial score (nSPS) is 21.7. The SMILES string of the molecule is [C-]#[N+][C@@](c1cccc(F)c1)(C1CCN(CC2(F)CN(c3ccc(S(=O)(=O)c4cccc(NC(=O)C=C)c4)cc3)C2)CC1)[C@H]1CCC[C@@H]1CC(=O)OC. The van der Waals surface area contributed by atoms with E-state index in [1.54, 1.807) is 30.3 Å². The van der Waals surface area contributed by atoms with E-state index in [0.717, 1.165) is 25.3 Å². The molecule has 0 unspecified atom stereocenters. The van der Waals surface area contributed by atoms with Crippen molar-refractivity contribution in [3.05, 3.63) is 108 Å². The van der Waals surface area contributed by atoms with E-state index in [9.17, 15) is 22.4 Å². The number of methoxy groups -OCH3 is 1. The van der Waals surface area contributed by atoms with Crippen molar-refractivity contribution in [2.45, 2.75) is 59.5 Å². The van der Waals surface area contributed by atoms with Gasteiger partial charge in [-0.15, -0.1) is 0 Å². The van der Waals surface area contributed by atoms with Crippen LogP contribution in [0, 0.1) is 30.1 Å². The summed E-state index contributed by atoms with van der Waals surface area (Å²) in [7, 11) is -2.49. The fraction of sp³-hybridized carbons (Fsp3) is 0.425. The summed E-state index contributed by atoms with van der Waals surface area (Å²) in [5.74, 6) is -1.37. The lowest BCUT2D eigenvalue weighted by atomic mass is 9.63. The number of amides is 1. The Morgan fingerprint density at radius 3 is 2.40 bits per heavy atom. The number of hydrogen-bond donors (Lipinski definition) is 1. The summed E-state index contributed by atoms with van der Waals surface area (Å²) in [6.45, 7) is 13.7. The smallest absolute Gasteiger partial charge is 0.305 e. The molecule has 0 bridgehead atoms. The van der Waals surface area contributed by atoms with Crippen LogP contribution in [-0.4, -0.2) is 70.7 Å². The zero-order valence-electron chi connectivity index (χ0n) is 29.3. The maximum absolute atomic E-state index is 16.1. The summed E-state index contributed by atoms with van der Waals surface area (Å²) in [6.07, 6.45) is 5.12. The number of piperidine rings is 1. The van der Waals surface area contributed by atoms with Crippen LogP contribution in [0.5, 0.6) is 0 Å². The van der Waals surface area contributed by atoms with Gasteiger partial charge in [0.25, 0.3) is 5.54 Å². The summed E-state index contributed by atoms with van der Waals surface area (Å²) < 4.78 is 62.3. The summed E-state index contributed by atoms with van der Waals surface area (Å²) >= 11 is 0. The molecule has 1 saturated carbocycles. The van der Waals surface area contributed by atoms with Crippen LogP contribution in [0.2, 0.25) is 0 Å². The number of nitrogens with zero attached hydrogens (tertiary/aromatic N) is 3. The Labute approximate surface area is 304 Å². The van der Waals surface area contributed by atoms with Crippen molar-refractivity contribution in [2.75, 3.05) is 50.1 Å². The Morgan fingerprint density at radius 1 is 1.04 bits per heavy atom. The molecule has 0 aromatic heterocycles. The number of halogens is 2. The van der Waals surface area contributed by atoms with Gasteiger partial charge < -0.3 is 19.8 Å². The number of alkyl halides is 1. The monoisotopic (exact) mass is 730 g/mol. The number of hydrogen-bond acceptors (Lipinski definition) is 7. The van der Waals surface area contributed by atoms with Gasteiger partial charge in [-0.25, -0.2) is 23.8 Å². The van der Waals surface area contributed by atoms with Gasteiger partial charge >= 0.3 is 5.97 Å². The molecular formula is C40H44F2N4O5S. The molecule has 1 N–H and O–H groups in total. The summed E-state index contributed by atoms with van der Waals surface area (Å²) in [5.41, 5.74) is -0.739. The number of esters is 1. The molecule has 9 nitrogen and oxygen atoms in total. The zero-order chi connectivity index (χ0) is 37.1. The summed E-state index contributed by atoms with van der Waals surface area (Å²) in [5, 5.41) is 2.57. The quantitative estimate of drug-likeness (QED) is 0.124. The highest BCUT2D eigenvalue weighted by molar-refractivity contribution is 7.91. The molecule has 3 atom stereocenters. The lowest BCUT2D eigenvalue weighted by Gasteiger charge is -2.49. The number of rotatable bonds is 12. The van der Waals surface area contributed by atoms with Crippen molar-refractivity contribution < 1.29 is 31.5 Å². The number of ether oxygens (including phenoxy) is 1. The van der Waals surface area contributed by atoms with E-state index < -0.39 is 32.8 Å². The van der Waals surface area contributed by atoms with E-state index in [0.29, 0.717) is 42.9 Å². The third kappa shape index (κ3) is 7.48. The van der Waals surface area contributed by atoms with Gasteiger partial charge in [0.1, 0.15) is 5.82 Å². The van der Waals surface area contributed by atoms with E-state index in [2.05, 4.69) is 21.6 Å². The second-order valence-electron chi connectivity index (χ2n) is 14.3. The fourth-order valence-corrected chi connectivity index (χ4v) is 9.95. The van der Waals surface area contributed by atoms with E-state index in [-0.39, 0.29) is 59.6 Å². The minimum atomic E-state index is -3.86. The molecule has 3 aromatic rings. The van der Waals surface area contributed by atoms with Gasteiger partial charge in [-0.05, 0) is 105 Å². The Morgan fingerprint density at radius 2 is 1.75 bits per heavy atom. The first-order valence-corrected chi connectivity index (χ1v) is 19.2. The number of nitrogens with one attached hydrogen (secondary N) is 1. The average molecular weight is 731 g/mol. The van der Waals surface area contributed by atoms with Crippen molar-refractivity contribution in [2.24, 2.45) is 17.8 Å². The molecule has 1 amide bonds. The molecule has 52 heavy (non-hydrogen) atoms. The van der Waals surface area contributed by atoms with Crippen LogP contribution >= 0.6 is 0 Å². The first kappa shape index (κ1) is 37.2. The molecule has 2 aliphatic heterocycles. The van der Waals surface area contributed by atoms with Crippen molar-refractivity contribution in [3.63, 3.8) is 0 Å². The molecule has 12 heteroatoms. The molecule has 3 aromatic carbocycles. The topological polar surface area (TPSA) is 100 Å². The standard InChI is InChI=1S/C40H44F2N4O5S/c1-4-37(47)44-32-11-7-12-35(24-32)52(49,50)34-16-14-33(15-17-34)46-26-39(42,27-46)25-45-20-18-29(19-21-45)40(43-2,30-9-6-10-31(41)23-30)36-13-5-8-28(36)22-38(48)51-3/h4,6-7,9-12,14-17,23-24,28-29,36H,1,5,8,13,18-22,25-27H2,3H3,(H,44,47)/t28-,36+,40-/m1/s1. The highest BCUT2D eigenvalue weighted by atomic mass is 32.2. The Hall–Kier alpha value is -4.60. The van der Waals surface area contributed by atoms with Crippen molar-refractivity contribution in [1.82, 2.24) is 4.90 Å². The minimum Gasteiger partial charge on any atom is -0.469 e. The molecule has 2 heterocycles. The van der Waals surface area contributed by atoms with Crippen molar-refractivity contribution >= 4 is 33.1 Å². The van der Waals surface area contributed by atoms with Crippen LogP contribution < -0.4 is 10.2 Å². The van der Waals surface area contributed by atoms with Crippen molar-refractivity contribution in [1.29, 1.82) is 0 Å². The number of anilines is 2.